The van der Waals surface area contributed by atoms with Crippen LogP contribution in [0.5, 0.6) is 0 Å². The van der Waals surface area contributed by atoms with Gasteiger partial charge in [-0.1, -0.05) is 30.3 Å². The van der Waals surface area contributed by atoms with Gasteiger partial charge in [-0.25, -0.2) is 0 Å². The van der Waals surface area contributed by atoms with Gasteiger partial charge in [0.25, 0.3) is 0 Å². The lowest BCUT2D eigenvalue weighted by molar-refractivity contribution is -0.114. The molecule has 0 spiro atoms. The molecule has 86 valence electrons. The lowest BCUT2D eigenvalue weighted by Gasteiger charge is -2.02. The second kappa shape index (κ2) is 6.83. The zero-order valence-corrected chi connectivity index (χ0v) is 9.90. The molecule has 0 aliphatic carbocycles. The topological polar surface area (TPSA) is 26.3 Å². The summed E-state index contributed by atoms with van der Waals surface area (Å²) < 4.78 is 5.20. The number of ether oxygens (including phenoxy) is 1. The van der Waals surface area contributed by atoms with Gasteiger partial charge in [-0.3, -0.25) is 4.79 Å². The lowest BCUT2D eigenvalue weighted by Crippen LogP contribution is -1.98. The lowest BCUT2D eigenvalue weighted by atomic mass is 10.1. The number of hydrogen-bond acceptors (Lipinski definition) is 2. The molecule has 0 unspecified atom stereocenters. The van der Waals surface area contributed by atoms with E-state index >= 15 is 0 Å². The smallest absolute Gasteiger partial charge is 0.159 e. The van der Waals surface area contributed by atoms with Gasteiger partial charge in [-0.15, -0.1) is 0 Å². The van der Waals surface area contributed by atoms with Crippen LogP contribution >= 0.6 is 0 Å². The Morgan fingerprint density at radius 2 is 2.00 bits per heavy atom. The molecule has 0 bridgehead atoms. The summed E-state index contributed by atoms with van der Waals surface area (Å²) in [6.07, 6.45) is 2.90. The van der Waals surface area contributed by atoms with Crippen LogP contribution in [0.25, 0.3) is 0 Å². The number of carbonyl (C=O) groups is 1. The SMILES string of the molecule is CCO/C(C)=C/C(=O)CCc1ccccc1. The van der Waals surface area contributed by atoms with Crippen LogP contribution in [0.3, 0.4) is 0 Å². The predicted octanol–water partition coefficient (Wildman–Crippen LogP) is 3.13. The number of aryl methyl sites for hydroxylation is 1. The first kappa shape index (κ1) is 12.5. The number of allylic oxidation sites excluding steroid dienone is 2. The Balaban J connectivity index is 2.39. The van der Waals surface area contributed by atoms with Crippen LogP contribution in [0.4, 0.5) is 0 Å². The maximum absolute atomic E-state index is 11.5. The van der Waals surface area contributed by atoms with Crippen molar-refractivity contribution in [1.29, 1.82) is 0 Å². The summed E-state index contributed by atoms with van der Waals surface area (Å²) in [5.41, 5.74) is 1.19. The molecule has 16 heavy (non-hydrogen) atoms. The second-order valence-corrected chi connectivity index (χ2v) is 3.64. The molecule has 1 aromatic rings. The van der Waals surface area contributed by atoms with Gasteiger partial charge < -0.3 is 4.74 Å². The maximum Gasteiger partial charge on any atom is 0.159 e. The van der Waals surface area contributed by atoms with Gasteiger partial charge in [0.15, 0.2) is 5.78 Å². The van der Waals surface area contributed by atoms with Crippen molar-refractivity contribution >= 4 is 5.78 Å². The van der Waals surface area contributed by atoms with E-state index in [0.717, 1.165) is 6.42 Å². The van der Waals surface area contributed by atoms with Gasteiger partial charge >= 0.3 is 0 Å². The van der Waals surface area contributed by atoms with E-state index in [2.05, 4.69) is 0 Å². The molecule has 0 amide bonds. The van der Waals surface area contributed by atoms with Crippen LogP contribution in [0.2, 0.25) is 0 Å². The number of ketones is 1. The Morgan fingerprint density at radius 3 is 2.62 bits per heavy atom. The number of carbonyl (C=O) groups excluding carboxylic acids is 1. The van der Waals surface area contributed by atoms with Crippen LogP contribution < -0.4 is 0 Å². The van der Waals surface area contributed by atoms with Crippen molar-refractivity contribution in [2.45, 2.75) is 26.7 Å². The van der Waals surface area contributed by atoms with Gasteiger partial charge in [0.05, 0.1) is 12.4 Å². The third kappa shape index (κ3) is 4.78. The van der Waals surface area contributed by atoms with Crippen molar-refractivity contribution in [3.63, 3.8) is 0 Å². The molecule has 0 N–H and O–H groups in total. The second-order valence-electron chi connectivity index (χ2n) is 3.64. The van der Waals surface area contributed by atoms with E-state index in [1.807, 2.05) is 44.2 Å². The van der Waals surface area contributed by atoms with Crippen LogP contribution in [-0.4, -0.2) is 12.4 Å². The third-order valence-electron chi connectivity index (χ3n) is 2.24. The van der Waals surface area contributed by atoms with Gasteiger partial charge in [0.2, 0.25) is 0 Å². The highest BCUT2D eigenvalue weighted by molar-refractivity contribution is 5.90. The van der Waals surface area contributed by atoms with Crippen molar-refractivity contribution in [3.05, 3.63) is 47.7 Å². The first-order valence-electron chi connectivity index (χ1n) is 5.60. The zero-order chi connectivity index (χ0) is 11.8. The first-order valence-corrected chi connectivity index (χ1v) is 5.60. The summed E-state index contributed by atoms with van der Waals surface area (Å²) in [5.74, 6) is 0.815. The van der Waals surface area contributed by atoms with Gasteiger partial charge in [0, 0.05) is 12.5 Å². The van der Waals surface area contributed by atoms with Gasteiger partial charge in [-0.05, 0) is 25.8 Å². The molecule has 0 aromatic heterocycles. The third-order valence-corrected chi connectivity index (χ3v) is 2.24. The number of rotatable bonds is 6. The molecule has 0 saturated carbocycles. The van der Waals surface area contributed by atoms with E-state index < -0.39 is 0 Å². The Hall–Kier alpha value is -1.57. The average Bonchev–Trinajstić information content (AvgIpc) is 2.28. The van der Waals surface area contributed by atoms with E-state index in [-0.39, 0.29) is 5.78 Å². The summed E-state index contributed by atoms with van der Waals surface area (Å²) in [4.78, 5) is 11.5. The van der Waals surface area contributed by atoms with Crippen LogP contribution in [-0.2, 0) is 16.0 Å². The Bertz CT molecular complexity index is 352. The van der Waals surface area contributed by atoms with Crippen molar-refractivity contribution in [2.24, 2.45) is 0 Å². The van der Waals surface area contributed by atoms with E-state index in [1.54, 1.807) is 6.08 Å². The molecule has 2 heteroatoms. The summed E-state index contributed by atoms with van der Waals surface area (Å²) in [7, 11) is 0. The molecule has 0 fully saturated rings. The van der Waals surface area contributed by atoms with Gasteiger partial charge in [0.1, 0.15) is 0 Å². The molecule has 2 nitrogen and oxygen atoms in total. The minimum absolute atomic E-state index is 0.120. The summed E-state index contributed by atoms with van der Waals surface area (Å²) in [5, 5.41) is 0. The normalized spacial score (nSPS) is 11.2. The quantitative estimate of drug-likeness (QED) is 0.541. The fourth-order valence-electron chi connectivity index (χ4n) is 1.48. The molecule has 0 aliphatic rings. The van der Waals surface area contributed by atoms with E-state index in [4.69, 9.17) is 4.74 Å². The minimum atomic E-state index is 0.120. The fraction of sp³-hybridized carbons (Fsp3) is 0.357. The molecule has 1 rings (SSSR count). The molecule has 0 saturated heterocycles. The summed E-state index contributed by atoms with van der Waals surface area (Å²) in [6, 6.07) is 10.0. The monoisotopic (exact) mass is 218 g/mol. The average molecular weight is 218 g/mol. The van der Waals surface area contributed by atoms with Crippen molar-refractivity contribution in [1.82, 2.24) is 0 Å². The highest BCUT2D eigenvalue weighted by Gasteiger charge is 2.00. The Morgan fingerprint density at radius 1 is 1.31 bits per heavy atom. The summed E-state index contributed by atoms with van der Waals surface area (Å²) in [6.45, 7) is 4.32. The predicted molar refractivity (Wildman–Crippen MR) is 65.2 cm³/mol. The molecular formula is C14H18O2. The van der Waals surface area contributed by atoms with Crippen LogP contribution in [0.15, 0.2) is 42.2 Å². The standard InChI is InChI=1S/C14H18O2/c1-3-16-12(2)11-14(15)10-9-13-7-5-4-6-8-13/h4-8,11H,3,9-10H2,1-2H3/b12-11+. The Kier molecular flexibility index (Phi) is 5.34. The van der Waals surface area contributed by atoms with Crippen LogP contribution in [0.1, 0.15) is 25.8 Å². The highest BCUT2D eigenvalue weighted by atomic mass is 16.5. The van der Waals surface area contributed by atoms with E-state index in [9.17, 15) is 4.79 Å². The largest absolute Gasteiger partial charge is 0.498 e. The minimum Gasteiger partial charge on any atom is -0.498 e. The first-order chi connectivity index (χ1) is 7.72. The molecule has 0 aliphatic heterocycles. The number of benzene rings is 1. The Labute approximate surface area is 96.9 Å². The van der Waals surface area contributed by atoms with Gasteiger partial charge in [-0.2, -0.15) is 0 Å². The van der Waals surface area contributed by atoms with Crippen molar-refractivity contribution in [3.8, 4) is 0 Å². The van der Waals surface area contributed by atoms with Crippen LogP contribution in [0, 0.1) is 0 Å². The van der Waals surface area contributed by atoms with Crippen molar-refractivity contribution < 1.29 is 9.53 Å². The fourth-order valence-corrected chi connectivity index (χ4v) is 1.48. The maximum atomic E-state index is 11.5. The zero-order valence-electron chi connectivity index (χ0n) is 9.90. The molecular weight excluding hydrogens is 200 g/mol. The van der Waals surface area contributed by atoms with Crippen molar-refractivity contribution in [2.75, 3.05) is 6.61 Å². The molecule has 0 atom stereocenters. The molecule has 0 radical (unpaired) electrons. The van der Waals surface area contributed by atoms with E-state index in [0.29, 0.717) is 18.8 Å². The highest BCUT2D eigenvalue weighted by Crippen LogP contribution is 2.04. The molecule has 0 heterocycles. The summed E-state index contributed by atoms with van der Waals surface area (Å²) >= 11 is 0. The molecule has 1 aromatic carbocycles. The number of hydrogen-bond donors (Lipinski definition) is 0. The van der Waals surface area contributed by atoms with E-state index in [1.165, 1.54) is 5.56 Å².